The fourth-order valence-electron chi connectivity index (χ4n) is 1.07. The maximum atomic E-state index is 5.19. The summed E-state index contributed by atoms with van der Waals surface area (Å²) in [6, 6.07) is 0. The van der Waals surface area contributed by atoms with Crippen LogP contribution in [0.5, 0.6) is 0 Å². The number of ether oxygens (including phenoxy) is 1. The Bertz CT molecular complexity index is 177. The van der Waals surface area contributed by atoms with Gasteiger partial charge in [0.15, 0.2) is 5.11 Å². The molecule has 1 heterocycles. The Morgan fingerprint density at radius 3 is 2.83 bits per heavy atom. The molecule has 0 atom stereocenters. The Balaban J connectivity index is 2.19. The molecule has 0 bridgehead atoms. The average molecular weight is 187 g/mol. The van der Waals surface area contributed by atoms with E-state index < -0.39 is 0 Å². The molecule has 1 aliphatic rings. The summed E-state index contributed by atoms with van der Waals surface area (Å²) < 4.78 is 5.19. The SMILES string of the molecule is NC(=S)NN=CC1CCOCC1. The Morgan fingerprint density at radius 1 is 1.58 bits per heavy atom. The van der Waals surface area contributed by atoms with Crippen molar-refractivity contribution in [3.63, 3.8) is 0 Å². The number of nitrogens with one attached hydrogen (secondary N) is 1. The van der Waals surface area contributed by atoms with Crippen LogP contribution in [-0.2, 0) is 4.74 Å². The number of hydrogen-bond acceptors (Lipinski definition) is 3. The van der Waals surface area contributed by atoms with Gasteiger partial charge in [-0.25, -0.2) is 0 Å². The van der Waals surface area contributed by atoms with Crippen LogP contribution in [0.15, 0.2) is 5.10 Å². The topological polar surface area (TPSA) is 59.6 Å². The summed E-state index contributed by atoms with van der Waals surface area (Å²) in [5, 5.41) is 4.10. The van der Waals surface area contributed by atoms with E-state index in [9.17, 15) is 0 Å². The third-order valence-electron chi connectivity index (χ3n) is 1.73. The lowest BCUT2D eigenvalue weighted by atomic mass is 10.0. The van der Waals surface area contributed by atoms with Crippen LogP contribution in [0.4, 0.5) is 0 Å². The zero-order chi connectivity index (χ0) is 8.81. The summed E-state index contributed by atoms with van der Waals surface area (Å²) in [6.45, 7) is 1.65. The smallest absolute Gasteiger partial charge is 0.184 e. The molecule has 1 rings (SSSR count). The van der Waals surface area contributed by atoms with Crippen LogP contribution in [0.2, 0.25) is 0 Å². The van der Waals surface area contributed by atoms with Crippen LogP contribution in [0.3, 0.4) is 0 Å². The molecule has 12 heavy (non-hydrogen) atoms. The molecule has 1 fully saturated rings. The van der Waals surface area contributed by atoms with Crippen molar-refractivity contribution in [2.45, 2.75) is 12.8 Å². The minimum Gasteiger partial charge on any atom is -0.381 e. The first-order valence-corrected chi connectivity index (χ1v) is 4.36. The van der Waals surface area contributed by atoms with Gasteiger partial charge in [-0.15, -0.1) is 0 Å². The Labute approximate surface area is 77.2 Å². The first kappa shape index (κ1) is 9.41. The Hall–Kier alpha value is -0.680. The van der Waals surface area contributed by atoms with E-state index in [0.717, 1.165) is 26.1 Å². The van der Waals surface area contributed by atoms with Crippen LogP contribution >= 0.6 is 12.2 Å². The number of hydrogen-bond donors (Lipinski definition) is 2. The number of hydrazone groups is 1. The Kier molecular flexibility index (Phi) is 3.96. The molecule has 0 amide bonds. The highest BCUT2D eigenvalue weighted by Crippen LogP contribution is 2.11. The fraction of sp³-hybridized carbons (Fsp3) is 0.714. The second kappa shape index (κ2) is 5.05. The van der Waals surface area contributed by atoms with Crippen molar-refractivity contribution in [3.8, 4) is 0 Å². The summed E-state index contributed by atoms with van der Waals surface area (Å²) in [4.78, 5) is 0. The molecule has 1 saturated heterocycles. The van der Waals surface area contributed by atoms with Crippen LogP contribution in [-0.4, -0.2) is 24.5 Å². The van der Waals surface area contributed by atoms with Gasteiger partial charge in [0.05, 0.1) is 0 Å². The molecule has 0 unspecified atom stereocenters. The molecule has 3 N–H and O–H groups in total. The van der Waals surface area contributed by atoms with E-state index in [4.69, 9.17) is 10.5 Å². The van der Waals surface area contributed by atoms with Gasteiger partial charge >= 0.3 is 0 Å². The zero-order valence-corrected chi connectivity index (χ0v) is 7.64. The van der Waals surface area contributed by atoms with Gasteiger partial charge in [0.25, 0.3) is 0 Å². The molecule has 4 nitrogen and oxygen atoms in total. The highest BCUT2D eigenvalue weighted by Gasteiger charge is 2.10. The molecule has 0 aromatic heterocycles. The van der Waals surface area contributed by atoms with Gasteiger partial charge in [0.2, 0.25) is 0 Å². The van der Waals surface area contributed by atoms with E-state index in [1.807, 2.05) is 6.21 Å². The van der Waals surface area contributed by atoms with E-state index in [-0.39, 0.29) is 5.11 Å². The maximum Gasteiger partial charge on any atom is 0.184 e. The second-order valence-corrected chi connectivity index (χ2v) is 3.14. The van der Waals surface area contributed by atoms with Crippen LogP contribution in [0.25, 0.3) is 0 Å². The van der Waals surface area contributed by atoms with E-state index in [1.54, 1.807) is 0 Å². The summed E-state index contributed by atoms with van der Waals surface area (Å²) >= 11 is 4.59. The second-order valence-electron chi connectivity index (χ2n) is 2.70. The highest BCUT2D eigenvalue weighted by atomic mass is 32.1. The van der Waals surface area contributed by atoms with Crippen LogP contribution in [0.1, 0.15) is 12.8 Å². The number of nitrogens with zero attached hydrogens (tertiary/aromatic N) is 1. The van der Waals surface area contributed by atoms with E-state index in [0.29, 0.717) is 5.92 Å². The van der Waals surface area contributed by atoms with Crippen molar-refractivity contribution in [3.05, 3.63) is 0 Å². The maximum absolute atomic E-state index is 5.19. The number of thiocarbonyl (C=S) groups is 1. The number of rotatable bonds is 2. The third-order valence-corrected chi connectivity index (χ3v) is 1.82. The third kappa shape index (κ3) is 3.64. The van der Waals surface area contributed by atoms with Gasteiger partial charge in [-0.2, -0.15) is 5.10 Å². The van der Waals surface area contributed by atoms with Crippen LogP contribution < -0.4 is 11.2 Å². The van der Waals surface area contributed by atoms with Crippen molar-refractivity contribution in [2.75, 3.05) is 13.2 Å². The van der Waals surface area contributed by atoms with Crippen molar-refractivity contribution in [1.29, 1.82) is 0 Å². The molecule has 0 saturated carbocycles. The Morgan fingerprint density at radius 2 is 2.25 bits per heavy atom. The lowest BCUT2D eigenvalue weighted by Crippen LogP contribution is -2.25. The summed E-state index contributed by atoms with van der Waals surface area (Å²) in [7, 11) is 0. The molecule has 0 spiro atoms. The first-order valence-electron chi connectivity index (χ1n) is 3.95. The standard InChI is InChI=1S/C7H13N3OS/c8-7(12)10-9-5-6-1-3-11-4-2-6/h5-6H,1-4H2,(H3,8,10,12). The molecule has 0 aromatic rings. The summed E-state index contributed by atoms with van der Waals surface area (Å²) in [5.41, 5.74) is 7.72. The average Bonchev–Trinajstić information content (AvgIpc) is 2.05. The monoisotopic (exact) mass is 187 g/mol. The van der Waals surface area contributed by atoms with E-state index in [1.165, 1.54) is 0 Å². The van der Waals surface area contributed by atoms with Gasteiger partial charge in [-0.1, -0.05) is 0 Å². The van der Waals surface area contributed by atoms with Gasteiger partial charge in [-0.3, -0.25) is 5.43 Å². The van der Waals surface area contributed by atoms with E-state index in [2.05, 4.69) is 22.7 Å². The van der Waals surface area contributed by atoms with Gasteiger partial charge in [0, 0.05) is 25.3 Å². The zero-order valence-electron chi connectivity index (χ0n) is 6.82. The lowest BCUT2D eigenvalue weighted by Gasteiger charge is -2.17. The molecule has 0 aliphatic carbocycles. The minimum absolute atomic E-state index is 0.207. The van der Waals surface area contributed by atoms with E-state index >= 15 is 0 Å². The predicted molar refractivity (Wildman–Crippen MR) is 52.0 cm³/mol. The van der Waals surface area contributed by atoms with Crippen molar-refractivity contribution in [2.24, 2.45) is 16.8 Å². The van der Waals surface area contributed by atoms with Crippen molar-refractivity contribution in [1.82, 2.24) is 5.43 Å². The molecule has 68 valence electrons. The first-order chi connectivity index (χ1) is 5.79. The quantitative estimate of drug-likeness (QED) is 0.369. The van der Waals surface area contributed by atoms with Crippen molar-refractivity contribution < 1.29 is 4.74 Å². The molecular formula is C7H13N3OS. The van der Waals surface area contributed by atoms with Gasteiger partial charge in [0.1, 0.15) is 0 Å². The molecule has 0 aromatic carbocycles. The van der Waals surface area contributed by atoms with Crippen molar-refractivity contribution >= 4 is 23.5 Å². The summed E-state index contributed by atoms with van der Waals surface area (Å²) in [6.07, 6.45) is 3.91. The largest absolute Gasteiger partial charge is 0.381 e. The molecule has 0 radical (unpaired) electrons. The number of nitrogens with two attached hydrogens (primary N) is 1. The molecule has 5 heteroatoms. The highest BCUT2D eigenvalue weighted by molar-refractivity contribution is 7.80. The fourth-order valence-corrected chi connectivity index (χ4v) is 1.12. The van der Waals surface area contributed by atoms with Gasteiger partial charge in [-0.05, 0) is 25.1 Å². The molecule has 1 aliphatic heterocycles. The van der Waals surface area contributed by atoms with Gasteiger partial charge < -0.3 is 10.5 Å². The lowest BCUT2D eigenvalue weighted by molar-refractivity contribution is 0.0837. The summed E-state index contributed by atoms with van der Waals surface area (Å²) in [5.74, 6) is 0.501. The predicted octanol–water partition coefficient (Wildman–Crippen LogP) is 0.232. The van der Waals surface area contributed by atoms with Crippen LogP contribution in [0, 0.1) is 5.92 Å². The minimum atomic E-state index is 0.207. The molecular weight excluding hydrogens is 174 g/mol. The normalized spacial score (nSPS) is 19.7.